The number of hydrogen-bond donors (Lipinski definition) is 4. The van der Waals surface area contributed by atoms with Gasteiger partial charge in [0.1, 0.15) is 36.6 Å². The molecular formula is C22H26ClNO6. The Hall–Kier alpha value is -1.87. The van der Waals surface area contributed by atoms with Crippen LogP contribution in [0.2, 0.25) is 5.02 Å². The predicted octanol–water partition coefficient (Wildman–Crippen LogP) is 2.66. The molecule has 0 radical (unpaired) electrons. The zero-order valence-electron chi connectivity index (χ0n) is 16.6. The highest BCUT2D eigenvalue weighted by Crippen LogP contribution is 2.34. The number of hydrogen-bond acceptors (Lipinski definition) is 7. The molecule has 1 fully saturated rings. The van der Waals surface area contributed by atoms with Gasteiger partial charge in [0.15, 0.2) is 0 Å². The van der Waals surface area contributed by atoms with Gasteiger partial charge < -0.3 is 25.2 Å². The Morgan fingerprint density at radius 3 is 2.37 bits per heavy atom. The van der Waals surface area contributed by atoms with Gasteiger partial charge in [0.25, 0.3) is 0 Å². The van der Waals surface area contributed by atoms with Gasteiger partial charge >= 0.3 is 0 Å². The summed E-state index contributed by atoms with van der Waals surface area (Å²) in [6.45, 7) is 1.42. The molecule has 1 aliphatic rings. The van der Waals surface area contributed by atoms with Crippen LogP contribution in [0.15, 0.2) is 47.6 Å². The summed E-state index contributed by atoms with van der Waals surface area (Å²) < 4.78 is 5.64. The van der Waals surface area contributed by atoms with E-state index in [1.807, 2.05) is 31.2 Å². The van der Waals surface area contributed by atoms with Gasteiger partial charge in [0, 0.05) is 5.02 Å². The quantitative estimate of drug-likeness (QED) is 0.496. The fourth-order valence-electron chi connectivity index (χ4n) is 3.73. The minimum absolute atomic E-state index is 0.364. The first-order chi connectivity index (χ1) is 14.4. The van der Waals surface area contributed by atoms with Crippen molar-refractivity contribution in [2.75, 3.05) is 6.61 Å². The average Bonchev–Trinajstić information content (AvgIpc) is 2.76. The van der Waals surface area contributed by atoms with Crippen LogP contribution < -0.4 is 0 Å². The maximum Gasteiger partial charge on any atom is 0.117 e. The van der Waals surface area contributed by atoms with Crippen LogP contribution >= 0.6 is 11.6 Å². The molecule has 1 saturated heterocycles. The van der Waals surface area contributed by atoms with Crippen molar-refractivity contribution >= 4 is 11.6 Å². The van der Waals surface area contributed by atoms with E-state index in [1.165, 1.54) is 0 Å². The number of benzene rings is 2. The van der Waals surface area contributed by atoms with Crippen LogP contribution in [-0.2, 0) is 11.2 Å². The van der Waals surface area contributed by atoms with Gasteiger partial charge in [-0.15, -0.1) is 0 Å². The van der Waals surface area contributed by atoms with Gasteiger partial charge in [-0.2, -0.15) is 4.91 Å². The van der Waals surface area contributed by atoms with Crippen molar-refractivity contribution in [3.8, 4) is 0 Å². The van der Waals surface area contributed by atoms with E-state index >= 15 is 0 Å². The van der Waals surface area contributed by atoms with Crippen LogP contribution in [0.4, 0.5) is 0 Å². The summed E-state index contributed by atoms with van der Waals surface area (Å²) in [5.41, 5.74) is 3.21. The van der Waals surface area contributed by atoms with Gasteiger partial charge in [0.05, 0.1) is 6.61 Å². The first kappa shape index (κ1) is 22.8. The maximum atomic E-state index is 10.9. The first-order valence-electron chi connectivity index (χ1n) is 9.89. The number of nitroso groups, excluding NO2 is 1. The zero-order valence-corrected chi connectivity index (χ0v) is 17.3. The topological polar surface area (TPSA) is 120 Å². The molecule has 1 heterocycles. The zero-order chi connectivity index (χ0) is 21.8. The molecule has 30 heavy (non-hydrogen) atoms. The number of ether oxygens (including phenoxy) is 1. The van der Waals surface area contributed by atoms with Crippen LogP contribution in [0.1, 0.15) is 47.7 Å². The molecule has 0 aromatic heterocycles. The van der Waals surface area contributed by atoms with E-state index in [0.717, 1.165) is 16.7 Å². The van der Waals surface area contributed by atoms with E-state index in [4.69, 9.17) is 16.3 Å². The first-order valence-corrected chi connectivity index (χ1v) is 10.3. The molecule has 0 spiro atoms. The van der Waals surface area contributed by atoms with Gasteiger partial charge in [-0.3, -0.25) is 0 Å². The van der Waals surface area contributed by atoms with Gasteiger partial charge in [-0.1, -0.05) is 60.1 Å². The van der Waals surface area contributed by atoms with Crippen molar-refractivity contribution < 1.29 is 25.2 Å². The molecule has 2 aromatic rings. The third kappa shape index (κ3) is 4.72. The number of aliphatic hydroxyl groups is 4. The second-order valence-corrected chi connectivity index (χ2v) is 7.96. The Morgan fingerprint density at radius 1 is 1.07 bits per heavy atom. The van der Waals surface area contributed by atoms with Crippen LogP contribution in [-0.4, -0.2) is 51.4 Å². The van der Waals surface area contributed by atoms with E-state index in [0.29, 0.717) is 23.4 Å². The number of nitrogens with zero attached hydrogens (tertiary/aromatic N) is 1. The van der Waals surface area contributed by atoms with Gasteiger partial charge in [-0.25, -0.2) is 0 Å². The van der Waals surface area contributed by atoms with Gasteiger partial charge in [-0.05, 0) is 41.2 Å². The van der Waals surface area contributed by atoms with E-state index in [2.05, 4.69) is 5.18 Å². The van der Waals surface area contributed by atoms with Gasteiger partial charge in [0.2, 0.25) is 0 Å². The highest BCUT2D eigenvalue weighted by molar-refractivity contribution is 6.31. The van der Waals surface area contributed by atoms with Crippen molar-refractivity contribution in [1.29, 1.82) is 0 Å². The molecule has 0 aliphatic carbocycles. The summed E-state index contributed by atoms with van der Waals surface area (Å²) in [6.07, 6.45) is -4.94. The highest BCUT2D eigenvalue weighted by Gasteiger charge is 2.44. The van der Waals surface area contributed by atoms with Crippen LogP contribution in [0.25, 0.3) is 0 Å². The lowest BCUT2D eigenvalue weighted by molar-refractivity contribution is -0.231. The summed E-state index contributed by atoms with van der Waals surface area (Å²) in [4.78, 5) is 10.9. The van der Waals surface area contributed by atoms with Crippen molar-refractivity contribution in [2.24, 2.45) is 5.18 Å². The molecule has 1 aliphatic heterocycles. The van der Waals surface area contributed by atoms with Crippen molar-refractivity contribution in [2.45, 2.75) is 56.3 Å². The van der Waals surface area contributed by atoms with E-state index < -0.39 is 37.1 Å². The third-order valence-corrected chi connectivity index (χ3v) is 5.93. The summed E-state index contributed by atoms with van der Waals surface area (Å²) in [6, 6.07) is 12.4. The Balaban J connectivity index is 1.82. The monoisotopic (exact) mass is 435 g/mol. The molecule has 7 nitrogen and oxygen atoms in total. The fraction of sp³-hybridized carbons (Fsp3) is 0.455. The molecule has 4 N–H and O–H groups in total. The van der Waals surface area contributed by atoms with Crippen LogP contribution in [0.5, 0.6) is 0 Å². The molecule has 0 amide bonds. The fourth-order valence-corrected chi connectivity index (χ4v) is 3.92. The van der Waals surface area contributed by atoms with Crippen LogP contribution in [0, 0.1) is 4.91 Å². The molecule has 162 valence electrons. The van der Waals surface area contributed by atoms with Crippen LogP contribution in [0.3, 0.4) is 0 Å². The van der Waals surface area contributed by atoms with Crippen molar-refractivity contribution in [3.05, 3.63) is 74.6 Å². The van der Waals surface area contributed by atoms with Crippen molar-refractivity contribution in [3.63, 3.8) is 0 Å². The SMILES string of the molecule is CCC(N=O)c1ccc(Cc2cc(C3OC(CO)C(O)C(O)C3O)ccc2Cl)cc1. The highest BCUT2D eigenvalue weighted by atomic mass is 35.5. The molecule has 6 unspecified atom stereocenters. The lowest BCUT2D eigenvalue weighted by Gasteiger charge is -2.40. The Morgan fingerprint density at radius 2 is 1.77 bits per heavy atom. The molecule has 2 aromatic carbocycles. The Bertz CT molecular complexity index is 859. The molecular weight excluding hydrogens is 410 g/mol. The number of aliphatic hydroxyl groups excluding tert-OH is 4. The molecule has 0 bridgehead atoms. The molecule has 8 heteroatoms. The summed E-state index contributed by atoms with van der Waals surface area (Å²) in [5, 5.41) is 43.5. The van der Waals surface area contributed by atoms with Crippen molar-refractivity contribution in [1.82, 2.24) is 0 Å². The second kappa shape index (κ2) is 9.96. The number of halogens is 1. The minimum atomic E-state index is -1.44. The van der Waals surface area contributed by atoms with E-state index in [-0.39, 0.29) is 6.04 Å². The maximum absolute atomic E-state index is 10.9. The second-order valence-electron chi connectivity index (χ2n) is 7.55. The molecule has 3 rings (SSSR count). The lowest BCUT2D eigenvalue weighted by Crippen LogP contribution is -2.55. The lowest BCUT2D eigenvalue weighted by atomic mass is 9.90. The van der Waals surface area contributed by atoms with E-state index in [1.54, 1.807) is 18.2 Å². The average molecular weight is 436 g/mol. The summed E-state index contributed by atoms with van der Waals surface area (Å²) in [7, 11) is 0. The van der Waals surface area contributed by atoms with E-state index in [9.17, 15) is 25.3 Å². The Labute approximate surface area is 179 Å². The summed E-state index contributed by atoms with van der Waals surface area (Å²) >= 11 is 6.37. The minimum Gasteiger partial charge on any atom is -0.394 e. The molecule has 0 saturated carbocycles. The third-order valence-electron chi connectivity index (χ3n) is 5.56. The summed E-state index contributed by atoms with van der Waals surface area (Å²) in [5.74, 6) is 0. The largest absolute Gasteiger partial charge is 0.394 e. The molecule has 6 atom stereocenters. The smallest absolute Gasteiger partial charge is 0.117 e. The Kier molecular flexibility index (Phi) is 7.57. The normalized spacial score (nSPS) is 27.6. The predicted molar refractivity (Wildman–Crippen MR) is 112 cm³/mol. The number of rotatable bonds is 7. The standard InChI is InChI=1S/C22H26ClNO6/c1-2-17(24-29)13-5-3-12(4-6-13)9-15-10-14(7-8-16(15)23)22-21(28)20(27)19(26)18(11-25)30-22/h3-8,10,17-22,25-28H,2,9,11H2,1H3.